The maximum absolute atomic E-state index is 5.13. The second-order valence-electron chi connectivity index (χ2n) is 8.31. The summed E-state index contributed by atoms with van der Waals surface area (Å²) in [4.78, 5) is 20.3. The molecule has 8 aromatic rings. The lowest BCUT2D eigenvalue weighted by molar-refractivity contribution is 1.40. The summed E-state index contributed by atoms with van der Waals surface area (Å²) < 4.78 is 0. The van der Waals surface area contributed by atoms with Crippen LogP contribution in [0.3, 0.4) is 0 Å². The second kappa shape index (κ2) is 5.62. The van der Waals surface area contributed by atoms with E-state index in [0.29, 0.717) is 0 Å². The van der Waals surface area contributed by atoms with Crippen LogP contribution in [-0.2, 0) is 0 Å². The van der Waals surface area contributed by atoms with E-state index in [1.54, 1.807) is 0 Å². The fourth-order valence-electron chi connectivity index (χ4n) is 5.14. The predicted molar refractivity (Wildman–Crippen MR) is 131 cm³/mol. The van der Waals surface area contributed by atoms with Gasteiger partial charge in [0.25, 0.3) is 0 Å². The molecule has 0 spiro atoms. The molecule has 0 atom stereocenters. The average Bonchev–Trinajstić information content (AvgIpc) is 2.85. The Bertz CT molecular complexity index is 2040. The van der Waals surface area contributed by atoms with Gasteiger partial charge in [-0.25, -0.2) is 19.9 Å². The molecule has 0 radical (unpaired) electrons. The Morgan fingerprint density at radius 2 is 1.00 bits per heavy atom. The standard InChI is InChI=1S/C28H14N4/c1-2-9-19-18(8-1)29-22-14-16-13-12-15-6-5-7-17-23(15)24(16)25(27(22)31-19)28-26(17)30-20-10-3-4-11-21(20)32-28/h1-14H. The Morgan fingerprint density at radius 1 is 0.375 bits per heavy atom. The predicted octanol–water partition coefficient (Wildman–Crippen LogP) is 6.78. The molecule has 32 heavy (non-hydrogen) atoms. The molecule has 2 aromatic heterocycles. The van der Waals surface area contributed by atoms with Crippen LogP contribution in [0.25, 0.3) is 76.5 Å². The summed E-state index contributed by atoms with van der Waals surface area (Å²) in [5.74, 6) is 0. The lowest BCUT2D eigenvalue weighted by atomic mass is 9.91. The Balaban J connectivity index is 1.78. The molecule has 0 amide bonds. The number of aromatic nitrogens is 4. The van der Waals surface area contributed by atoms with Gasteiger partial charge in [-0.05, 0) is 46.5 Å². The van der Waals surface area contributed by atoms with Crippen LogP contribution >= 0.6 is 0 Å². The first-order valence-electron chi connectivity index (χ1n) is 10.7. The fourth-order valence-corrected chi connectivity index (χ4v) is 5.14. The largest absolute Gasteiger partial charge is 0.244 e. The van der Waals surface area contributed by atoms with Crippen LogP contribution in [0, 0.1) is 0 Å². The zero-order valence-electron chi connectivity index (χ0n) is 16.9. The van der Waals surface area contributed by atoms with E-state index in [-0.39, 0.29) is 0 Å². The highest BCUT2D eigenvalue weighted by atomic mass is 14.8. The first kappa shape index (κ1) is 16.3. The van der Waals surface area contributed by atoms with E-state index in [1.807, 2.05) is 48.5 Å². The van der Waals surface area contributed by atoms with Gasteiger partial charge in [0.1, 0.15) is 5.52 Å². The molecular weight excluding hydrogens is 392 g/mol. The van der Waals surface area contributed by atoms with Gasteiger partial charge in [-0.3, -0.25) is 0 Å². The quantitative estimate of drug-likeness (QED) is 0.206. The molecule has 8 rings (SSSR count). The summed E-state index contributed by atoms with van der Waals surface area (Å²) in [5, 5.41) is 6.92. The van der Waals surface area contributed by atoms with Gasteiger partial charge in [0.05, 0.1) is 38.6 Å². The second-order valence-corrected chi connectivity index (χ2v) is 8.31. The molecule has 6 aromatic carbocycles. The van der Waals surface area contributed by atoms with Crippen molar-refractivity contribution in [2.75, 3.05) is 0 Å². The monoisotopic (exact) mass is 406 g/mol. The van der Waals surface area contributed by atoms with E-state index in [4.69, 9.17) is 19.9 Å². The van der Waals surface area contributed by atoms with Crippen molar-refractivity contribution in [3.05, 3.63) is 84.9 Å². The molecule has 0 saturated carbocycles. The van der Waals surface area contributed by atoms with E-state index in [0.717, 1.165) is 60.3 Å². The lowest BCUT2D eigenvalue weighted by Crippen LogP contribution is -1.96. The Labute approximate surface area is 181 Å². The Hall–Kier alpha value is -4.44. The molecule has 0 aliphatic carbocycles. The highest BCUT2D eigenvalue weighted by Gasteiger charge is 2.19. The van der Waals surface area contributed by atoms with E-state index < -0.39 is 0 Å². The lowest BCUT2D eigenvalue weighted by Gasteiger charge is -2.15. The number of benzene rings is 6. The Kier molecular flexibility index (Phi) is 2.86. The minimum Gasteiger partial charge on any atom is -0.244 e. The molecule has 4 nitrogen and oxygen atoms in total. The van der Waals surface area contributed by atoms with E-state index in [1.165, 1.54) is 16.2 Å². The van der Waals surface area contributed by atoms with Gasteiger partial charge in [-0.1, -0.05) is 54.6 Å². The van der Waals surface area contributed by atoms with Gasteiger partial charge >= 0.3 is 0 Å². The zero-order valence-corrected chi connectivity index (χ0v) is 16.9. The summed E-state index contributed by atoms with van der Waals surface area (Å²) in [6.07, 6.45) is 0. The van der Waals surface area contributed by atoms with Gasteiger partial charge in [-0.15, -0.1) is 0 Å². The highest BCUT2D eigenvalue weighted by molar-refractivity contribution is 6.37. The van der Waals surface area contributed by atoms with Crippen LogP contribution in [0.2, 0.25) is 0 Å². The number of hydrogen-bond acceptors (Lipinski definition) is 4. The maximum Gasteiger partial charge on any atom is 0.100 e. The van der Waals surface area contributed by atoms with Gasteiger partial charge < -0.3 is 0 Å². The minimum atomic E-state index is 0.879. The van der Waals surface area contributed by atoms with Gasteiger partial charge in [0.2, 0.25) is 0 Å². The normalized spacial score (nSPS) is 12.4. The number of para-hydroxylation sites is 4. The Morgan fingerprint density at radius 3 is 1.75 bits per heavy atom. The molecule has 146 valence electrons. The zero-order chi connectivity index (χ0) is 20.8. The summed E-state index contributed by atoms with van der Waals surface area (Å²) >= 11 is 0. The van der Waals surface area contributed by atoms with Crippen LogP contribution in [0.5, 0.6) is 0 Å². The molecule has 0 aliphatic rings. The summed E-state index contributed by atoms with van der Waals surface area (Å²) in [5.41, 5.74) is 7.12. The number of hydrogen-bond donors (Lipinski definition) is 0. The van der Waals surface area contributed by atoms with Gasteiger partial charge in [0.15, 0.2) is 0 Å². The van der Waals surface area contributed by atoms with Crippen molar-refractivity contribution in [2.24, 2.45) is 0 Å². The third kappa shape index (κ3) is 1.97. The van der Waals surface area contributed by atoms with Gasteiger partial charge in [0, 0.05) is 16.2 Å². The maximum atomic E-state index is 5.13. The topological polar surface area (TPSA) is 51.6 Å². The molecular formula is C28H14N4. The average molecular weight is 406 g/mol. The fraction of sp³-hybridized carbons (Fsp3) is 0. The molecule has 0 unspecified atom stereocenters. The van der Waals surface area contributed by atoms with Crippen molar-refractivity contribution in [3.8, 4) is 0 Å². The molecule has 0 bridgehead atoms. The number of nitrogens with zero attached hydrogens (tertiary/aromatic N) is 4. The SMILES string of the molecule is c1ccc2nc3c(cc4ccc5cccc6c7nc8ccccc8nc7c3c4c56)nc2c1. The molecule has 0 saturated heterocycles. The van der Waals surface area contributed by atoms with E-state index in [2.05, 4.69) is 36.4 Å². The van der Waals surface area contributed by atoms with Crippen molar-refractivity contribution in [2.45, 2.75) is 0 Å². The van der Waals surface area contributed by atoms with E-state index in [9.17, 15) is 0 Å². The van der Waals surface area contributed by atoms with Crippen molar-refractivity contribution in [1.82, 2.24) is 19.9 Å². The molecule has 0 N–H and O–H groups in total. The first-order valence-corrected chi connectivity index (χ1v) is 10.7. The third-order valence-electron chi connectivity index (χ3n) is 6.52. The summed E-state index contributed by atoms with van der Waals surface area (Å²) in [6.45, 7) is 0. The van der Waals surface area contributed by atoms with Gasteiger partial charge in [-0.2, -0.15) is 0 Å². The van der Waals surface area contributed by atoms with Crippen molar-refractivity contribution >= 4 is 76.5 Å². The van der Waals surface area contributed by atoms with Crippen LogP contribution in [0.1, 0.15) is 0 Å². The van der Waals surface area contributed by atoms with Crippen LogP contribution in [0.15, 0.2) is 84.9 Å². The van der Waals surface area contributed by atoms with Crippen LogP contribution in [0.4, 0.5) is 0 Å². The smallest absolute Gasteiger partial charge is 0.100 e. The van der Waals surface area contributed by atoms with Crippen molar-refractivity contribution < 1.29 is 0 Å². The first-order chi connectivity index (χ1) is 15.8. The molecule has 0 fully saturated rings. The highest BCUT2D eigenvalue weighted by Crippen LogP contribution is 2.42. The molecule has 4 heteroatoms. The summed E-state index contributed by atoms with van der Waals surface area (Å²) in [6, 6.07) is 29.0. The van der Waals surface area contributed by atoms with Crippen molar-refractivity contribution in [3.63, 3.8) is 0 Å². The minimum absolute atomic E-state index is 0.879. The van der Waals surface area contributed by atoms with Crippen molar-refractivity contribution in [1.29, 1.82) is 0 Å². The van der Waals surface area contributed by atoms with Crippen LogP contribution in [-0.4, -0.2) is 19.9 Å². The molecule has 2 heterocycles. The number of fused-ring (bicyclic) bond motifs is 7. The number of rotatable bonds is 0. The van der Waals surface area contributed by atoms with Crippen LogP contribution < -0.4 is 0 Å². The summed E-state index contributed by atoms with van der Waals surface area (Å²) in [7, 11) is 0. The van der Waals surface area contributed by atoms with E-state index >= 15 is 0 Å². The third-order valence-corrected chi connectivity index (χ3v) is 6.52. The molecule has 0 aliphatic heterocycles.